The fourth-order valence-electron chi connectivity index (χ4n) is 6.29. The van der Waals surface area contributed by atoms with Gasteiger partial charge in [0, 0.05) is 26.9 Å². The number of para-hydroxylation sites is 3. The summed E-state index contributed by atoms with van der Waals surface area (Å²) in [4.78, 5) is 0. The van der Waals surface area contributed by atoms with Crippen molar-refractivity contribution in [1.82, 2.24) is 4.57 Å². The zero-order valence-corrected chi connectivity index (χ0v) is 19.7. The third kappa shape index (κ3) is 2.41. The smallest absolute Gasteiger partial charge is 0.137 e. The van der Waals surface area contributed by atoms with Crippen LogP contribution in [0, 0.1) is 0 Å². The highest BCUT2D eigenvalue weighted by atomic mass is 16.3. The highest BCUT2D eigenvalue weighted by Crippen LogP contribution is 2.43. The van der Waals surface area contributed by atoms with E-state index in [0.717, 1.165) is 49.6 Å². The van der Waals surface area contributed by atoms with Crippen molar-refractivity contribution in [2.75, 3.05) is 0 Å². The molecule has 0 fully saturated rings. The average Bonchev–Trinajstić information content (AvgIpc) is 3.62. The Labute approximate surface area is 210 Å². The molecule has 0 spiro atoms. The molecule has 37 heavy (non-hydrogen) atoms. The third-order valence-corrected chi connectivity index (χ3v) is 7.80. The Morgan fingerprint density at radius 1 is 0.351 bits per heavy atom. The lowest BCUT2D eigenvalue weighted by atomic mass is 9.99. The number of nitrogens with zero attached hydrogens (tertiary/aromatic N) is 1. The summed E-state index contributed by atoms with van der Waals surface area (Å²) < 4.78 is 15.0. The predicted molar refractivity (Wildman–Crippen MR) is 153 cm³/mol. The van der Waals surface area contributed by atoms with Crippen LogP contribution in [-0.4, -0.2) is 4.57 Å². The molecule has 3 heteroatoms. The normalized spacial score (nSPS) is 12.3. The molecule has 0 bridgehead atoms. The molecule has 0 radical (unpaired) electrons. The zero-order chi connectivity index (χ0) is 24.1. The van der Waals surface area contributed by atoms with Gasteiger partial charge in [0.2, 0.25) is 0 Å². The summed E-state index contributed by atoms with van der Waals surface area (Å²) in [6.07, 6.45) is 0. The monoisotopic (exact) mass is 473 g/mol. The Hall–Kier alpha value is -5.02. The Balaban J connectivity index is 1.50. The first-order chi connectivity index (χ1) is 18.4. The van der Waals surface area contributed by atoms with Gasteiger partial charge in [-0.3, -0.25) is 0 Å². The van der Waals surface area contributed by atoms with E-state index in [2.05, 4.69) is 108 Å². The molecule has 0 N–H and O–H groups in total. The van der Waals surface area contributed by atoms with Crippen LogP contribution in [0.15, 0.2) is 124 Å². The van der Waals surface area contributed by atoms with Crippen molar-refractivity contribution in [3.8, 4) is 5.69 Å². The standard InChI is InChI=1S/C34H19NO2/c1-4-11-25-20(8-1)21-9-2-5-12-26(21)35(25)27-13-7-15-29-34(27)33-23-17-18-30-32(22(23)16-19-31(33)37-29)24-10-3-6-14-28(24)36-30/h1-19H. The molecule has 9 aromatic rings. The van der Waals surface area contributed by atoms with Crippen molar-refractivity contribution in [3.63, 3.8) is 0 Å². The molecule has 0 unspecified atom stereocenters. The zero-order valence-electron chi connectivity index (χ0n) is 19.7. The first-order valence-electron chi connectivity index (χ1n) is 12.5. The number of hydrogen-bond donors (Lipinski definition) is 0. The number of fused-ring (bicyclic) bond motifs is 12. The maximum Gasteiger partial charge on any atom is 0.137 e. The third-order valence-electron chi connectivity index (χ3n) is 7.80. The van der Waals surface area contributed by atoms with Crippen molar-refractivity contribution in [1.29, 1.82) is 0 Å². The van der Waals surface area contributed by atoms with Crippen LogP contribution in [0.1, 0.15) is 0 Å². The van der Waals surface area contributed by atoms with Gasteiger partial charge in [0.05, 0.1) is 22.1 Å². The Bertz CT molecular complexity index is 2310. The van der Waals surface area contributed by atoms with Crippen molar-refractivity contribution in [3.05, 3.63) is 115 Å². The Morgan fingerprint density at radius 3 is 1.65 bits per heavy atom. The Kier molecular flexibility index (Phi) is 3.53. The number of aromatic nitrogens is 1. The van der Waals surface area contributed by atoms with E-state index in [1.807, 2.05) is 12.1 Å². The molecule has 0 amide bonds. The van der Waals surface area contributed by atoms with Gasteiger partial charge in [-0.25, -0.2) is 0 Å². The molecular weight excluding hydrogens is 454 g/mol. The molecule has 0 atom stereocenters. The van der Waals surface area contributed by atoms with Crippen LogP contribution in [0.4, 0.5) is 0 Å². The van der Waals surface area contributed by atoms with Crippen LogP contribution in [0.3, 0.4) is 0 Å². The second-order valence-corrected chi connectivity index (χ2v) is 9.69. The van der Waals surface area contributed by atoms with E-state index in [-0.39, 0.29) is 0 Å². The summed E-state index contributed by atoms with van der Waals surface area (Å²) in [5.41, 5.74) is 7.10. The molecular formula is C34H19NO2. The first-order valence-corrected chi connectivity index (χ1v) is 12.5. The van der Waals surface area contributed by atoms with Crippen LogP contribution in [0.25, 0.3) is 82.1 Å². The molecule has 0 saturated carbocycles. The summed E-state index contributed by atoms with van der Waals surface area (Å²) in [7, 11) is 0. The van der Waals surface area contributed by atoms with Gasteiger partial charge in [-0.15, -0.1) is 0 Å². The highest BCUT2D eigenvalue weighted by Gasteiger charge is 2.20. The summed E-state index contributed by atoms with van der Waals surface area (Å²) in [6.45, 7) is 0. The van der Waals surface area contributed by atoms with Gasteiger partial charge >= 0.3 is 0 Å². The lowest BCUT2D eigenvalue weighted by Crippen LogP contribution is -1.94. The van der Waals surface area contributed by atoms with E-state index in [9.17, 15) is 0 Å². The van der Waals surface area contributed by atoms with Crippen LogP contribution >= 0.6 is 0 Å². The minimum Gasteiger partial charge on any atom is -0.456 e. The van der Waals surface area contributed by atoms with E-state index in [1.165, 1.54) is 32.6 Å². The number of furan rings is 2. The number of hydrogen-bond acceptors (Lipinski definition) is 2. The summed E-state index contributed by atoms with van der Waals surface area (Å²) in [6, 6.07) is 40.5. The quantitative estimate of drug-likeness (QED) is 0.238. The maximum atomic E-state index is 6.47. The molecule has 0 aliphatic heterocycles. The SMILES string of the molecule is c1ccc2c(c1)oc1ccc3c(ccc4oc5cccc(-n6c7ccccc7c7ccccc76)c5c43)c12. The van der Waals surface area contributed by atoms with Crippen molar-refractivity contribution in [2.45, 2.75) is 0 Å². The van der Waals surface area contributed by atoms with Gasteiger partial charge in [-0.2, -0.15) is 0 Å². The maximum absolute atomic E-state index is 6.47. The van der Waals surface area contributed by atoms with Gasteiger partial charge in [-0.05, 0) is 65.4 Å². The largest absolute Gasteiger partial charge is 0.456 e. The van der Waals surface area contributed by atoms with Gasteiger partial charge in [0.1, 0.15) is 22.3 Å². The molecule has 3 heterocycles. The van der Waals surface area contributed by atoms with Crippen LogP contribution in [-0.2, 0) is 0 Å². The van der Waals surface area contributed by atoms with Crippen molar-refractivity contribution < 1.29 is 8.83 Å². The highest BCUT2D eigenvalue weighted by molar-refractivity contribution is 6.28. The van der Waals surface area contributed by atoms with Crippen LogP contribution in [0.2, 0.25) is 0 Å². The number of rotatable bonds is 1. The minimum atomic E-state index is 0.888. The lowest BCUT2D eigenvalue weighted by Gasteiger charge is -2.10. The Morgan fingerprint density at radius 2 is 0.892 bits per heavy atom. The second kappa shape index (κ2) is 6.80. The fourth-order valence-corrected chi connectivity index (χ4v) is 6.29. The van der Waals surface area contributed by atoms with E-state index in [0.29, 0.717) is 0 Å². The molecule has 0 aliphatic carbocycles. The molecule has 3 nitrogen and oxygen atoms in total. The molecule has 3 aromatic heterocycles. The van der Waals surface area contributed by atoms with E-state index in [4.69, 9.17) is 8.83 Å². The molecule has 172 valence electrons. The molecule has 6 aromatic carbocycles. The average molecular weight is 474 g/mol. The van der Waals surface area contributed by atoms with Gasteiger partial charge in [0.15, 0.2) is 0 Å². The topological polar surface area (TPSA) is 31.2 Å². The van der Waals surface area contributed by atoms with E-state index < -0.39 is 0 Å². The minimum absolute atomic E-state index is 0.888. The molecule has 0 saturated heterocycles. The van der Waals surface area contributed by atoms with E-state index in [1.54, 1.807) is 0 Å². The summed E-state index contributed by atoms with van der Waals surface area (Å²) in [5, 5.41) is 9.40. The molecule has 0 aliphatic rings. The van der Waals surface area contributed by atoms with Crippen molar-refractivity contribution >= 4 is 76.5 Å². The van der Waals surface area contributed by atoms with E-state index >= 15 is 0 Å². The summed E-state index contributed by atoms with van der Waals surface area (Å²) >= 11 is 0. The second-order valence-electron chi connectivity index (χ2n) is 9.69. The van der Waals surface area contributed by atoms with Gasteiger partial charge in [0.25, 0.3) is 0 Å². The van der Waals surface area contributed by atoms with Crippen LogP contribution in [0.5, 0.6) is 0 Å². The molecule has 9 rings (SSSR count). The predicted octanol–water partition coefficient (Wildman–Crippen LogP) is 9.74. The van der Waals surface area contributed by atoms with Crippen molar-refractivity contribution in [2.24, 2.45) is 0 Å². The lowest BCUT2D eigenvalue weighted by molar-refractivity contribution is 0.668. The fraction of sp³-hybridized carbons (Fsp3) is 0. The van der Waals surface area contributed by atoms with Gasteiger partial charge in [-0.1, -0.05) is 60.7 Å². The summed E-state index contributed by atoms with van der Waals surface area (Å²) in [5.74, 6) is 0. The van der Waals surface area contributed by atoms with Crippen LogP contribution < -0.4 is 0 Å². The first kappa shape index (κ1) is 19.2. The van der Waals surface area contributed by atoms with Gasteiger partial charge < -0.3 is 13.4 Å². The number of benzene rings is 6.